The van der Waals surface area contributed by atoms with Crippen molar-refractivity contribution in [2.45, 2.75) is 19.3 Å². The molecule has 0 radical (unpaired) electrons. The van der Waals surface area contributed by atoms with Gasteiger partial charge in [-0.15, -0.1) is 0 Å². The highest BCUT2D eigenvalue weighted by Crippen LogP contribution is 2.31. The lowest BCUT2D eigenvalue weighted by atomic mass is 10.0. The number of anilines is 1. The number of amides is 1. The first-order chi connectivity index (χ1) is 12.2. The van der Waals surface area contributed by atoms with Crippen molar-refractivity contribution in [3.8, 4) is 0 Å². The number of rotatable bonds is 3. The highest BCUT2D eigenvalue weighted by atomic mass is 32.1. The van der Waals surface area contributed by atoms with E-state index in [1.54, 1.807) is 0 Å². The number of ether oxygens (including phenoxy) is 1. The topological polar surface area (TPSA) is 81.2 Å². The summed E-state index contributed by atoms with van der Waals surface area (Å²) in [5, 5.41) is 4.02. The number of carbonyl (C=O) groups is 2. The average molecular weight is 353 g/mol. The van der Waals surface area contributed by atoms with E-state index in [2.05, 4.69) is 15.0 Å². The lowest BCUT2D eigenvalue weighted by molar-refractivity contribution is 0.0606. The summed E-state index contributed by atoms with van der Waals surface area (Å²) in [6, 6.07) is 7.66. The Morgan fingerprint density at radius 3 is 2.92 bits per heavy atom. The zero-order valence-electron chi connectivity index (χ0n) is 13.5. The van der Waals surface area contributed by atoms with Crippen molar-refractivity contribution >= 4 is 39.2 Å². The number of fused-ring (bicyclic) bond motifs is 2. The number of nitrogens with one attached hydrogen (secondary N) is 1. The van der Waals surface area contributed by atoms with Crippen LogP contribution in [-0.4, -0.2) is 29.0 Å². The van der Waals surface area contributed by atoms with Gasteiger partial charge in [0.25, 0.3) is 5.91 Å². The first-order valence-electron chi connectivity index (χ1n) is 7.93. The monoisotopic (exact) mass is 353 g/mol. The Morgan fingerprint density at radius 2 is 2.08 bits per heavy atom. The molecule has 7 heteroatoms. The summed E-state index contributed by atoms with van der Waals surface area (Å²) < 4.78 is 4.67. The molecular formula is C18H15N3O3S. The molecule has 2 aromatic heterocycles. The van der Waals surface area contributed by atoms with E-state index in [1.807, 2.05) is 24.3 Å². The molecule has 0 atom stereocenters. The number of aryl methyl sites for hydroxylation is 1. The van der Waals surface area contributed by atoms with E-state index < -0.39 is 5.97 Å². The molecule has 3 aromatic rings. The molecule has 1 amide bonds. The van der Waals surface area contributed by atoms with E-state index in [0.29, 0.717) is 15.6 Å². The van der Waals surface area contributed by atoms with Crippen molar-refractivity contribution < 1.29 is 14.3 Å². The molecule has 0 saturated carbocycles. The molecular weight excluding hydrogens is 338 g/mol. The van der Waals surface area contributed by atoms with Crippen molar-refractivity contribution in [1.29, 1.82) is 0 Å². The third-order valence-corrected chi connectivity index (χ3v) is 5.15. The Hall–Kier alpha value is -2.80. The second kappa shape index (κ2) is 6.25. The van der Waals surface area contributed by atoms with Crippen molar-refractivity contribution in [2.24, 2.45) is 0 Å². The predicted octanol–water partition coefficient (Wildman–Crippen LogP) is 3.22. The van der Waals surface area contributed by atoms with Crippen LogP contribution in [0.15, 0.2) is 30.5 Å². The minimum absolute atomic E-state index is 0.220. The van der Waals surface area contributed by atoms with Gasteiger partial charge in [0.05, 0.1) is 24.4 Å². The van der Waals surface area contributed by atoms with Crippen LogP contribution in [-0.2, 0) is 17.6 Å². The van der Waals surface area contributed by atoms with Gasteiger partial charge in [-0.25, -0.2) is 9.78 Å². The van der Waals surface area contributed by atoms with Gasteiger partial charge in [0.15, 0.2) is 5.13 Å². The number of nitrogens with zero attached hydrogens (tertiary/aromatic N) is 2. The van der Waals surface area contributed by atoms with E-state index in [1.165, 1.54) is 13.3 Å². The zero-order valence-corrected chi connectivity index (χ0v) is 14.4. The second-order valence-corrected chi connectivity index (χ2v) is 6.79. The molecule has 0 unspecified atom stereocenters. The first-order valence-corrected chi connectivity index (χ1v) is 8.75. The Labute approximate surface area is 147 Å². The molecule has 126 valence electrons. The summed E-state index contributed by atoms with van der Waals surface area (Å²) in [5.74, 6) is -0.684. The predicted molar refractivity (Wildman–Crippen MR) is 95.2 cm³/mol. The van der Waals surface area contributed by atoms with Crippen LogP contribution in [0.3, 0.4) is 0 Å². The molecule has 0 bridgehead atoms. The summed E-state index contributed by atoms with van der Waals surface area (Å²) in [4.78, 5) is 33.6. The first kappa shape index (κ1) is 15.7. The minimum atomic E-state index is -0.465. The highest BCUT2D eigenvalue weighted by Gasteiger charge is 2.24. The highest BCUT2D eigenvalue weighted by molar-refractivity contribution is 7.17. The Morgan fingerprint density at radius 1 is 1.24 bits per heavy atom. The number of para-hydroxylation sites is 1. The number of pyridine rings is 1. The number of methoxy groups -OCH3 is 1. The fraction of sp³-hybridized carbons (Fsp3) is 0.222. The van der Waals surface area contributed by atoms with Crippen LogP contribution < -0.4 is 5.32 Å². The number of carbonyl (C=O) groups excluding carboxylic acids is 2. The van der Waals surface area contributed by atoms with Gasteiger partial charge in [0, 0.05) is 11.1 Å². The van der Waals surface area contributed by atoms with E-state index in [-0.39, 0.29) is 5.91 Å². The number of benzene rings is 1. The van der Waals surface area contributed by atoms with Crippen LogP contribution in [0.2, 0.25) is 0 Å². The quantitative estimate of drug-likeness (QED) is 0.731. The Balaban J connectivity index is 1.73. The maximum absolute atomic E-state index is 12.9. The minimum Gasteiger partial charge on any atom is -0.465 e. The van der Waals surface area contributed by atoms with Crippen LogP contribution in [0.4, 0.5) is 5.13 Å². The van der Waals surface area contributed by atoms with Crippen molar-refractivity contribution in [2.75, 3.05) is 12.4 Å². The number of hydrogen-bond donors (Lipinski definition) is 1. The molecule has 1 aliphatic carbocycles. The molecule has 0 spiro atoms. The molecule has 1 aliphatic rings. The molecule has 0 aliphatic heterocycles. The van der Waals surface area contributed by atoms with Gasteiger partial charge in [-0.3, -0.25) is 15.1 Å². The maximum Gasteiger partial charge on any atom is 0.349 e. The van der Waals surface area contributed by atoms with Gasteiger partial charge in [-0.05, 0) is 30.9 Å². The normalized spacial score (nSPS) is 12.8. The molecule has 6 nitrogen and oxygen atoms in total. The number of hydrogen-bond acceptors (Lipinski definition) is 6. The molecule has 25 heavy (non-hydrogen) atoms. The van der Waals surface area contributed by atoms with Gasteiger partial charge in [0.2, 0.25) is 0 Å². The lowest BCUT2D eigenvalue weighted by Gasteiger charge is -2.11. The second-order valence-electron chi connectivity index (χ2n) is 5.76. The Kier molecular flexibility index (Phi) is 3.93. The van der Waals surface area contributed by atoms with Crippen molar-refractivity contribution in [3.05, 3.63) is 52.2 Å². The molecule has 0 fully saturated rings. The smallest absolute Gasteiger partial charge is 0.349 e. The molecule has 4 rings (SSSR count). The van der Waals surface area contributed by atoms with Gasteiger partial charge in [0.1, 0.15) is 4.88 Å². The number of thiazole rings is 1. The van der Waals surface area contributed by atoms with Gasteiger partial charge >= 0.3 is 5.97 Å². The fourth-order valence-corrected chi connectivity index (χ4v) is 3.89. The van der Waals surface area contributed by atoms with Gasteiger partial charge in [-0.2, -0.15) is 0 Å². The zero-order chi connectivity index (χ0) is 17.4. The summed E-state index contributed by atoms with van der Waals surface area (Å²) in [6.07, 6.45) is 4.15. The standard InChI is InChI=1S/C18H15N3O3S/c1-24-17(23)14-9-19-18(25-14)21-16(22)15-10-5-2-3-7-12(10)20-13-8-4-6-11(13)15/h2-3,5,7,9H,4,6,8H2,1H3,(H,19,21,22). The Bertz CT molecular complexity index is 996. The van der Waals surface area contributed by atoms with E-state index in [0.717, 1.165) is 52.8 Å². The largest absolute Gasteiger partial charge is 0.465 e. The van der Waals surface area contributed by atoms with E-state index in [4.69, 9.17) is 4.98 Å². The molecule has 1 N–H and O–H groups in total. The summed E-state index contributed by atoms with van der Waals surface area (Å²) in [7, 11) is 1.31. The fourth-order valence-electron chi connectivity index (χ4n) is 3.16. The molecule has 1 aromatic carbocycles. The summed E-state index contributed by atoms with van der Waals surface area (Å²) in [6.45, 7) is 0. The third-order valence-electron chi connectivity index (χ3n) is 4.26. The van der Waals surface area contributed by atoms with Crippen molar-refractivity contribution in [1.82, 2.24) is 9.97 Å². The van der Waals surface area contributed by atoms with Crippen LogP contribution in [0.1, 0.15) is 37.7 Å². The van der Waals surface area contributed by atoms with Crippen LogP contribution in [0.25, 0.3) is 10.9 Å². The van der Waals surface area contributed by atoms with Crippen LogP contribution in [0.5, 0.6) is 0 Å². The van der Waals surface area contributed by atoms with Gasteiger partial charge in [-0.1, -0.05) is 29.5 Å². The third kappa shape index (κ3) is 2.76. The average Bonchev–Trinajstić information content (AvgIpc) is 3.27. The summed E-state index contributed by atoms with van der Waals surface area (Å²) in [5.41, 5.74) is 3.50. The van der Waals surface area contributed by atoms with Crippen LogP contribution in [0, 0.1) is 0 Å². The molecule has 0 saturated heterocycles. The van der Waals surface area contributed by atoms with E-state index in [9.17, 15) is 9.59 Å². The van der Waals surface area contributed by atoms with Crippen LogP contribution >= 0.6 is 11.3 Å². The molecule has 2 heterocycles. The number of aromatic nitrogens is 2. The summed E-state index contributed by atoms with van der Waals surface area (Å²) >= 11 is 1.09. The van der Waals surface area contributed by atoms with Gasteiger partial charge < -0.3 is 4.74 Å². The van der Waals surface area contributed by atoms with E-state index >= 15 is 0 Å². The number of esters is 1. The van der Waals surface area contributed by atoms with Crippen molar-refractivity contribution in [3.63, 3.8) is 0 Å². The SMILES string of the molecule is COC(=O)c1cnc(NC(=O)c2c3c(nc4ccccc24)CCC3)s1. The maximum atomic E-state index is 12.9. The lowest BCUT2D eigenvalue weighted by Crippen LogP contribution is -2.15.